The molecule has 0 spiro atoms. The minimum atomic E-state index is 0.497. The first-order chi connectivity index (χ1) is 7.56. The van der Waals surface area contributed by atoms with E-state index in [2.05, 4.69) is 73.8 Å². The van der Waals surface area contributed by atoms with Crippen LogP contribution in [0.15, 0.2) is 18.2 Å². The van der Waals surface area contributed by atoms with Gasteiger partial charge in [0.15, 0.2) is 0 Å². The Morgan fingerprint density at radius 1 is 1.31 bits per heavy atom. The Kier molecular flexibility index (Phi) is 5.76. The van der Waals surface area contributed by atoms with Crippen molar-refractivity contribution in [1.82, 2.24) is 5.32 Å². The topological polar surface area (TPSA) is 12.0 Å². The molecule has 1 rings (SSSR count). The standard InChI is InChI=1S/C14H22IN/c1-5-16-13(9-10(2)3)12-8-6-7-11(4)14(12)15/h6-8,10,13,16H,5,9H2,1-4H3. The fourth-order valence-corrected chi connectivity index (χ4v) is 2.71. The van der Waals surface area contributed by atoms with Gasteiger partial charge >= 0.3 is 0 Å². The lowest BCUT2D eigenvalue weighted by Gasteiger charge is -2.22. The second kappa shape index (κ2) is 6.60. The summed E-state index contributed by atoms with van der Waals surface area (Å²) in [5.74, 6) is 0.723. The Morgan fingerprint density at radius 3 is 2.56 bits per heavy atom. The second-order valence-electron chi connectivity index (χ2n) is 4.72. The third-order valence-corrected chi connectivity index (χ3v) is 4.23. The first-order valence-corrected chi connectivity index (χ1v) is 7.12. The van der Waals surface area contributed by atoms with Crippen molar-refractivity contribution in [2.45, 2.75) is 40.2 Å². The quantitative estimate of drug-likeness (QED) is 0.794. The van der Waals surface area contributed by atoms with Crippen molar-refractivity contribution in [3.8, 4) is 0 Å². The van der Waals surface area contributed by atoms with Gasteiger partial charge < -0.3 is 5.32 Å². The summed E-state index contributed by atoms with van der Waals surface area (Å²) in [5.41, 5.74) is 2.83. The molecule has 1 atom stereocenters. The summed E-state index contributed by atoms with van der Waals surface area (Å²) in [6.07, 6.45) is 1.20. The highest BCUT2D eigenvalue weighted by Gasteiger charge is 2.15. The van der Waals surface area contributed by atoms with Crippen molar-refractivity contribution >= 4 is 22.6 Å². The van der Waals surface area contributed by atoms with E-state index in [1.165, 1.54) is 21.1 Å². The minimum absolute atomic E-state index is 0.497. The van der Waals surface area contributed by atoms with E-state index >= 15 is 0 Å². The number of halogens is 1. The van der Waals surface area contributed by atoms with Crippen LogP contribution in [0.1, 0.15) is 44.4 Å². The van der Waals surface area contributed by atoms with Crippen LogP contribution in [0.4, 0.5) is 0 Å². The van der Waals surface area contributed by atoms with Crippen LogP contribution in [0.25, 0.3) is 0 Å². The van der Waals surface area contributed by atoms with E-state index in [-0.39, 0.29) is 0 Å². The predicted octanol–water partition coefficient (Wildman–Crippen LogP) is 4.30. The summed E-state index contributed by atoms with van der Waals surface area (Å²) in [5, 5.41) is 3.59. The van der Waals surface area contributed by atoms with E-state index < -0.39 is 0 Å². The number of hydrogen-bond donors (Lipinski definition) is 1. The zero-order valence-corrected chi connectivity index (χ0v) is 12.8. The summed E-state index contributed by atoms with van der Waals surface area (Å²) in [4.78, 5) is 0. The fraction of sp³-hybridized carbons (Fsp3) is 0.571. The predicted molar refractivity (Wildman–Crippen MR) is 79.8 cm³/mol. The van der Waals surface area contributed by atoms with Gasteiger partial charge in [0.1, 0.15) is 0 Å². The maximum atomic E-state index is 3.59. The van der Waals surface area contributed by atoms with Crippen LogP contribution < -0.4 is 5.32 Å². The molecule has 16 heavy (non-hydrogen) atoms. The molecule has 0 fully saturated rings. The van der Waals surface area contributed by atoms with Crippen molar-refractivity contribution in [3.05, 3.63) is 32.9 Å². The average molecular weight is 331 g/mol. The van der Waals surface area contributed by atoms with Crippen molar-refractivity contribution < 1.29 is 0 Å². The highest BCUT2D eigenvalue weighted by molar-refractivity contribution is 14.1. The van der Waals surface area contributed by atoms with E-state index in [9.17, 15) is 0 Å². The molecule has 1 aromatic rings. The molecule has 0 aromatic heterocycles. The van der Waals surface area contributed by atoms with E-state index in [0.29, 0.717) is 6.04 Å². The minimum Gasteiger partial charge on any atom is -0.310 e. The van der Waals surface area contributed by atoms with Crippen molar-refractivity contribution in [2.24, 2.45) is 5.92 Å². The van der Waals surface area contributed by atoms with Gasteiger partial charge in [-0.25, -0.2) is 0 Å². The molecular formula is C14H22IN. The van der Waals surface area contributed by atoms with Crippen LogP contribution in [-0.2, 0) is 0 Å². The Hall–Kier alpha value is -0.0900. The normalized spacial score (nSPS) is 13.1. The summed E-state index contributed by atoms with van der Waals surface area (Å²) < 4.78 is 1.41. The molecule has 0 radical (unpaired) electrons. The maximum Gasteiger partial charge on any atom is 0.0333 e. The number of rotatable bonds is 5. The fourth-order valence-electron chi connectivity index (χ4n) is 1.98. The Labute approximate surface area is 113 Å². The monoisotopic (exact) mass is 331 g/mol. The molecule has 1 aromatic carbocycles. The first-order valence-electron chi connectivity index (χ1n) is 6.04. The van der Waals surface area contributed by atoms with Gasteiger partial charge in [-0.1, -0.05) is 39.0 Å². The lowest BCUT2D eigenvalue weighted by atomic mass is 9.96. The van der Waals surface area contributed by atoms with Gasteiger partial charge in [-0.2, -0.15) is 0 Å². The van der Waals surface area contributed by atoms with Crippen LogP contribution in [-0.4, -0.2) is 6.54 Å². The molecule has 0 aliphatic rings. The molecule has 0 amide bonds. The Balaban J connectivity index is 2.96. The number of hydrogen-bond acceptors (Lipinski definition) is 1. The molecule has 0 saturated carbocycles. The van der Waals surface area contributed by atoms with Gasteiger partial charge in [-0.05, 0) is 59.5 Å². The number of benzene rings is 1. The van der Waals surface area contributed by atoms with Gasteiger partial charge in [0.05, 0.1) is 0 Å². The summed E-state index contributed by atoms with van der Waals surface area (Å²) >= 11 is 2.47. The van der Waals surface area contributed by atoms with Crippen LogP contribution in [0.2, 0.25) is 0 Å². The van der Waals surface area contributed by atoms with Gasteiger partial charge in [0.25, 0.3) is 0 Å². The third kappa shape index (κ3) is 3.74. The zero-order chi connectivity index (χ0) is 12.1. The van der Waals surface area contributed by atoms with Crippen molar-refractivity contribution in [2.75, 3.05) is 6.54 Å². The second-order valence-corrected chi connectivity index (χ2v) is 5.80. The van der Waals surface area contributed by atoms with Crippen LogP contribution >= 0.6 is 22.6 Å². The van der Waals surface area contributed by atoms with Crippen molar-refractivity contribution in [3.63, 3.8) is 0 Å². The zero-order valence-electron chi connectivity index (χ0n) is 10.7. The van der Waals surface area contributed by atoms with Gasteiger partial charge in [-0.15, -0.1) is 0 Å². The molecular weight excluding hydrogens is 309 g/mol. The van der Waals surface area contributed by atoms with Crippen LogP contribution in [0, 0.1) is 16.4 Å². The number of aryl methyl sites for hydroxylation is 1. The number of nitrogens with one attached hydrogen (secondary N) is 1. The van der Waals surface area contributed by atoms with Gasteiger partial charge in [-0.3, -0.25) is 0 Å². The lowest BCUT2D eigenvalue weighted by molar-refractivity contribution is 0.437. The average Bonchev–Trinajstić information content (AvgIpc) is 2.21. The highest BCUT2D eigenvalue weighted by atomic mass is 127. The summed E-state index contributed by atoms with van der Waals surface area (Å²) in [6.45, 7) is 9.96. The van der Waals surface area contributed by atoms with E-state index in [1.54, 1.807) is 0 Å². The van der Waals surface area contributed by atoms with E-state index in [1.807, 2.05) is 0 Å². The highest BCUT2D eigenvalue weighted by Crippen LogP contribution is 2.27. The summed E-state index contributed by atoms with van der Waals surface area (Å²) in [7, 11) is 0. The SMILES string of the molecule is CCNC(CC(C)C)c1cccc(C)c1I. The Morgan fingerprint density at radius 2 is 2.00 bits per heavy atom. The largest absolute Gasteiger partial charge is 0.310 e. The lowest BCUT2D eigenvalue weighted by Crippen LogP contribution is -2.23. The molecule has 2 heteroatoms. The molecule has 0 heterocycles. The molecule has 0 bridgehead atoms. The molecule has 0 saturated heterocycles. The van der Waals surface area contributed by atoms with Crippen molar-refractivity contribution in [1.29, 1.82) is 0 Å². The molecule has 1 unspecified atom stereocenters. The molecule has 1 N–H and O–H groups in total. The van der Waals surface area contributed by atoms with Crippen LogP contribution in [0.3, 0.4) is 0 Å². The molecule has 1 nitrogen and oxygen atoms in total. The first kappa shape index (κ1) is 14.0. The smallest absolute Gasteiger partial charge is 0.0333 e. The molecule has 90 valence electrons. The molecule has 0 aliphatic carbocycles. The van der Waals surface area contributed by atoms with E-state index in [0.717, 1.165) is 12.5 Å². The van der Waals surface area contributed by atoms with Crippen LogP contribution in [0.5, 0.6) is 0 Å². The maximum absolute atomic E-state index is 3.59. The summed E-state index contributed by atoms with van der Waals surface area (Å²) in [6, 6.07) is 7.10. The Bertz CT molecular complexity index is 334. The van der Waals surface area contributed by atoms with Gasteiger partial charge in [0, 0.05) is 9.61 Å². The van der Waals surface area contributed by atoms with E-state index in [4.69, 9.17) is 0 Å². The molecule has 0 aliphatic heterocycles. The third-order valence-electron chi connectivity index (χ3n) is 2.75. The van der Waals surface area contributed by atoms with Gasteiger partial charge in [0.2, 0.25) is 0 Å².